The Labute approximate surface area is 105 Å². The quantitative estimate of drug-likeness (QED) is 0.478. The lowest BCUT2D eigenvalue weighted by Gasteiger charge is -2.22. The summed E-state index contributed by atoms with van der Waals surface area (Å²) in [6.07, 6.45) is -0.353. The molecule has 104 valence electrons. The number of aliphatic carboxylic acids is 2. The average Bonchev–Trinajstić information content (AvgIpc) is 2.23. The largest absolute Gasteiger partial charge is 0.481 e. The molecule has 0 heterocycles. The summed E-state index contributed by atoms with van der Waals surface area (Å²) in [6.45, 7) is 3.58. The molecule has 2 unspecified atom stereocenters. The zero-order valence-electron chi connectivity index (χ0n) is 10.5. The molecule has 5 N–H and O–H groups in total. The molecule has 0 aliphatic carbocycles. The smallest absolute Gasteiger partial charge is 0.305 e. The van der Waals surface area contributed by atoms with E-state index in [2.05, 4.69) is 5.32 Å². The molecule has 0 saturated carbocycles. The fourth-order valence-corrected chi connectivity index (χ4v) is 1.34. The van der Waals surface area contributed by atoms with Crippen molar-refractivity contribution in [3.8, 4) is 0 Å². The summed E-state index contributed by atoms with van der Waals surface area (Å²) in [6, 6.07) is -1.44. The van der Waals surface area contributed by atoms with Gasteiger partial charge in [0.2, 0.25) is 5.91 Å². The summed E-state index contributed by atoms with van der Waals surface area (Å²) in [5, 5.41) is 19.7. The van der Waals surface area contributed by atoms with Crippen LogP contribution in [0.15, 0.2) is 0 Å². The minimum atomic E-state index is -1.02. The minimum Gasteiger partial charge on any atom is -0.481 e. The van der Waals surface area contributed by atoms with Crippen LogP contribution in [0.5, 0.6) is 0 Å². The number of nitrogens with one attached hydrogen (secondary N) is 1. The van der Waals surface area contributed by atoms with Gasteiger partial charge in [0.25, 0.3) is 0 Å². The van der Waals surface area contributed by atoms with Crippen LogP contribution in [0.1, 0.15) is 33.1 Å². The van der Waals surface area contributed by atoms with Crippen molar-refractivity contribution < 1.29 is 24.6 Å². The van der Waals surface area contributed by atoms with Gasteiger partial charge in [-0.05, 0) is 12.3 Å². The van der Waals surface area contributed by atoms with Gasteiger partial charge in [-0.1, -0.05) is 13.8 Å². The molecule has 0 bridgehead atoms. The van der Waals surface area contributed by atoms with Crippen molar-refractivity contribution in [3.05, 3.63) is 0 Å². The Hall–Kier alpha value is -1.63. The van der Waals surface area contributed by atoms with Gasteiger partial charge in [0, 0.05) is 12.5 Å². The summed E-state index contributed by atoms with van der Waals surface area (Å²) in [7, 11) is 0. The monoisotopic (exact) mass is 260 g/mol. The normalized spacial score (nSPS) is 14.0. The highest BCUT2D eigenvalue weighted by Crippen LogP contribution is 2.07. The number of nitrogens with two attached hydrogens (primary N) is 1. The fourth-order valence-electron chi connectivity index (χ4n) is 1.34. The molecule has 0 saturated heterocycles. The molecule has 1 amide bonds. The molecule has 0 aromatic rings. The van der Waals surface area contributed by atoms with Crippen LogP contribution in [0.3, 0.4) is 0 Å². The van der Waals surface area contributed by atoms with Crippen molar-refractivity contribution in [2.24, 2.45) is 11.7 Å². The van der Waals surface area contributed by atoms with Crippen molar-refractivity contribution in [2.45, 2.75) is 45.2 Å². The third-order valence-electron chi connectivity index (χ3n) is 2.53. The summed E-state index contributed by atoms with van der Waals surface area (Å²) in [5.41, 5.74) is 5.52. The number of hydrogen-bond donors (Lipinski definition) is 4. The second-order valence-corrected chi connectivity index (χ2v) is 4.50. The van der Waals surface area contributed by atoms with Crippen molar-refractivity contribution in [1.82, 2.24) is 5.32 Å². The first-order valence-corrected chi connectivity index (χ1v) is 5.73. The molecule has 2 atom stereocenters. The summed E-state index contributed by atoms with van der Waals surface area (Å²) in [4.78, 5) is 32.6. The first-order valence-electron chi connectivity index (χ1n) is 5.73. The van der Waals surface area contributed by atoms with E-state index >= 15 is 0 Å². The topological polar surface area (TPSA) is 130 Å². The lowest BCUT2D eigenvalue weighted by molar-refractivity contribution is -0.138. The maximum atomic E-state index is 11.6. The number of carbonyl (C=O) groups excluding carboxylic acids is 1. The fraction of sp³-hybridized carbons (Fsp3) is 0.727. The second-order valence-electron chi connectivity index (χ2n) is 4.50. The lowest BCUT2D eigenvalue weighted by Crippen LogP contribution is -2.48. The highest BCUT2D eigenvalue weighted by atomic mass is 16.4. The second kappa shape index (κ2) is 7.65. The molecule has 0 aliphatic heterocycles. The van der Waals surface area contributed by atoms with E-state index in [0.717, 1.165) is 0 Å². The van der Waals surface area contributed by atoms with Crippen LogP contribution < -0.4 is 11.1 Å². The van der Waals surface area contributed by atoms with Crippen LogP contribution in [-0.2, 0) is 14.4 Å². The van der Waals surface area contributed by atoms with Crippen molar-refractivity contribution in [1.29, 1.82) is 0 Å². The van der Waals surface area contributed by atoms with Crippen LogP contribution in [0.25, 0.3) is 0 Å². The van der Waals surface area contributed by atoms with Crippen LogP contribution >= 0.6 is 0 Å². The molecule has 0 aliphatic rings. The van der Waals surface area contributed by atoms with Gasteiger partial charge in [-0.3, -0.25) is 14.4 Å². The Kier molecular flexibility index (Phi) is 6.96. The zero-order valence-corrected chi connectivity index (χ0v) is 10.5. The van der Waals surface area contributed by atoms with Crippen LogP contribution in [0.2, 0.25) is 0 Å². The molecule has 0 spiro atoms. The van der Waals surface area contributed by atoms with E-state index in [1.807, 2.05) is 0 Å². The average molecular weight is 260 g/mol. The van der Waals surface area contributed by atoms with Gasteiger partial charge in [0.1, 0.15) is 0 Å². The molecule has 0 fully saturated rings. The maximum Gasteiger partial charge on any atom is 0.305 e. The first-order chi connectivity index (χ1) is 8.23. The van der Waals surface area contributed by atoms with E-state index < -0.39 is 29.9 Å². The standard InChI is InChI=1S/C11H20N2O5/c1-6(2)8(5-10(16)17)13-11(18)7(12)3-4-9(14)15/h6-8H,3-5,12H2,1-2H3,(H,13,18)(H,14,15)(H,16,17). The van der Waals surface area contributed by atoms with Crippen molar-refractivity contribution in [3.63, 3.8) is 0 Å². The highest BCUT2D eigenvalue weighted by molar-refractivity contribution is 5.83. The van der Waals surface area contributed by atoms with E-state index in [9.17, 15) is 14.4 Å². The van der Waals surface area contributed by atoms with E-state index in [1.165, 1.54) is 0 Å². The Morgan fingerprint density at radius 1 is 1.17 bits per heavy atom. The minimum absolute atomic E-state index is 0.0268. The van der Waals surface area contributed by atoms with Crippen LogP contribution in [0.4, 0.5) is 0 Å². The maximum absolute atomic E-state index is 11.6. The summed E-state index contributed by atoms with van der Waals surface area (Å²) >= 11 is 0. The summed E-state index contributed by atoms with van der Waals surface area (Å²) < 4.78 is 0. The van der Waals surface area contributed by atoms with Gasteiger partial charge in [-0.15, -0.1) is 0 Å². The van der Waals surface area contributed by atoms with Gasteiger partial charge >= 0.3 is 11.9 Å². The van der Waals surface area contributed by atoms with E-state index in [1.54, 1.807) is 13.8 Å². The van der Waals surface area contributed by atoms with E-state index in [4.69, 9.17) is 15.9 Å². The third-order valence-corrected chi connectivity index (χ3v) is 2.53. The Morgan fingerprint density at radius 3 is 2.11 bits per heavy atom. The number of carboxylic acids is 2. The molecule has 0 radical (unpaired) electrons. The number of hydrogen-bond acceptors (Lipinski definition) is 4. The number of amides is 1. The molecule has 7 nitrogen and oxygen atoms in total. The van der Waals surface area contributed by atoms with Gasteiger partial charge in [-0.2, -0.15) is 0 Å². The van der Waals surface area contributed by atoms with Crippen molar-refractivity contribution in [2.75, 3.05) is 0 Å². The molecule has 18 heavy (non-hydrogen) atoms. The lowest BCUT2D eigenvalue weighted by atomic mass is 10.00. The molecular formula is C11H20N2O5. The van der Waals surface area contributed by atoms with Crippen LogP contribution in [0, 0.1) is 5.92 Å². The van der Waals surface area contributed by atoms with Gasteiger partial charge in [-0.25, -0.2) is 0 Å². The highest BCUT2D eigenvalue weighted by Gasteiger charge is 2.22. The molecular weight excluding hydrogens is 240 g/mol. The van der Waals surface area contributed by atoms with Gasteiger partial charge in [0.05, 0.1) is 12.5 Å². The molecule has 0 rings (SSSR count). The van der Waals surface area contributed by atoms with Gasteiger partial charge < -0.3 is 21.3 Å². The Bertz CT molecular complexity index is 317. The summed E-state index contributed by atoms with van der Waals surface area (Å²) in [5.74, 6) is -2.59. The van der Waals surface area contributed by atoms with Crippen molar-refractivity contribution >= 4 is 17.8 Å². The molecule has 7 heteroatoms. The Balaban J connectivity index is 4.31. The van der Waals surface area contributed by atoms with E-state index in [0.29, 0.717) is 0 Å². The number of carbonyl (C=O) groups is 3. The van der Waals surface area contributed by atoms with Crippen LogP contribution in [-0.4, -0.2) is 40.1 Å². The Morgan fingerprint density at radius 2 is 1.72 bits per heavy atom. The SMILES string of the molecule is CC(C)C(CC(=O)O)NC(=O)C(N)CCC(=O)O. The molecule has 0 aromatic heterocycles. The predicted octanol–water partition coefficient (Wildman–Crippen LogP) is -0.206. The third kappa shape index (κ3) is 6.85. The first kappa shape index (κ1) is 16.4. The predicted molar refractivity (Wildman–Crippen MR) is 63.9 cm³/mol. The number of rotatable bonds is 8. The number of carboxylic acid groups (broad SMARTS) is 2. The van der Waals surface area contributed by atoms with Gasteiger partial charge in [0.15, 0.2) is 0 Å². The van der Waals surface area contributed by atoms with E-state index in [-0.39, 0.29) is 25.2 Å². The molecule has 0 aromatic carbocycles. The zero-order chi connectivity index (χ0) is 14.3.